The fourth-order valence-corrected chi connectivity index (χ4v) is 2.91. The molecule has 0 aliphatic carbocycles. The van der Waals surface area contributed by atoms with Crippen LogP contribution in [0.25, 0.3) is 0 Å². The van der Waals surface area contributed by atoms with Crippen LogP contribution in [-0.2, 0) is 17.9 Å². The molecule has 0 spiro atoms. The Hall–Kier alpha value is -3.88. The first kappa shape index (κ1) is 24.8. The molecule has 3 rings (SSSR count). The molecule has 1 unspecified atom stereocenters. The Kier molecular flexibility index (Phi) is 7.88. The van der Waals surface area contributed by atoms with Gasteiger partial charge in [-0.25, -0.2) is 9.07 Å². The summed E-state index contributed by atoms with van der Waals surface area (Å²) in [6, 6.07) is 5.18. The molecule has 184 valence electrons. The summed E-state index contributed by atoms with van der Waals surface area (Å²) in [5.74, 6) is -1.34. The number of likely N-dealkylation sites (N-methyl/N-ethyl adjacent to an activating group) is 1. The van der Waals surface area contributed by atoms with Crippen LogP contribution in [0.5, 0.6) is 5.75 Å². The van der Waals surface area contributed by atoms with E-state index in [4.69, 9.17) is 0 Å². The summed E-state index contributed by atoms with van der Waals surface area (Å²) in [7, 11) is 1.49. The van der Waals surface area contributed by atoms with Crippen molar-refractivity contribution < 1.29 is 31.9 Å². The number of hydrazine groups is 2. The lowest BCUT2D eigenvalue weighted by Crippen LogP contribution is -2.39. The van der Waals surface area contributed by atoms with Gasteiger partial charge in [-0.05, 0) is 24.1 Å². The van der Waals surface area contributed by atoms with Gasteiger partial charge in [-0.2, -0.15) is 0 Å². The van der Waals surface area contributed by atoms with Crippen molar-refractivity contribution in [1.29, 1.82) is 0 Å². The topological polar surface area (TPSA) is 125 Å². The Labute approximate surface area is 191 Å². The smallest absolute Gasteiger partial charge is 0.406 e. The van der Waals surface area contributed by atoms with Crippen molar-refractivity contribution in [2.75, 3.05) is 13.6 Å². The van der Waals surface area contributed by atoms with Crippen LogP contribution in [-0.4, -0.2) is 57.9 Å². The van der Waals surface area contributed by atoms with Crippen molar-refractivity contribution >= 4 is 11.8 Å². The van der Waals surface area contributed by atoms with Crippen LogP contribution < -0.4 is 26.3 Å². The number of hydrogen-bond donors (Lipinski definition) is 4. The molecule has 0 saturated carbocycles. The molecule has 2 amide bonds. The van der Waals surface area contributed by atoms with Gasteiger partial charge in [0.25, 0.3) is 11.8 Å². The number of nitrogens with zero attached hydrogens (tertiary/aromatic N) is 4. The average Bonchev–Trinajstić information content (AvgIpc) is 3.44. The van der Waals surface area contributed by atoms with Crippen LogP contribution in [0.3, 0.4) is 0 Å². The van der Waals surface area contributed by atoms with Crippen molar-refractivity contribution in [2.24, 2.45) is 0 Å². The van der Waals surface area contributed by atoms with Gasteiger partial charge in [-0.3, -0.25) is 20.0 Å². The minimum Gasteiger partial charge on any atom is -0.406 e. The maximum Gasteiger partial charge on any atom is 0.573 e. The van der Waals surface area contributed by atoms with E-state index < -0.39 is 24.2 Å². The van der Waals surface area contributed by atoms with E-state index in [0.29, 0.717) is 11.3 Å². The molecule has 15 heteroatoms. The van der Waals surface area contributed by atoms with Crippen molar-refractivity contribution in [3.8, 4) is 5.75 Å². The number of amides is 2. The normalized spacial score (nSPS) is 14.3. The molecule has 1 atom stereocenters. The maximum atomic E-state index is 14.3. The van der Waals surface area contributed by atoms with Crippen LogP contribution in [0.15, 0.2) is 42.4 Å². The second kappa shape index (κ2) is 10.8. The van der Waals surface area contributed by atoms with Gasteiger partial charge < -0.3 is 15.4 Å². The van der Waals surface area contributed by atoms with E-state index in [1.165, 1.54) is 41.3 Å². The molecule has 1 aliphatic rings. The molecule has 2 heterocycles. The van der Waals surface area contributed by atoms with E-state index in [-0.39, 0.29) is 37.7 Å². The van der Waals surface area contributed by atoms with Gasteiger partial charge in [-0.1, -0.05) is 17.3 Å². The Morgan fingerprint density at radius 2 is 2.06 bits per heavy atom. The van der Waals surface area contributed by atoms with Gasteiger partial charge in [-0.15, -0.1) is 23.8 Å². The van der Waals surface area contributed by atoms with Gasteiger partial charge in [0.15, 0.2) is 5.69 Å². The number of halogens is 4. The van der Waals surface area contributed by atoms with Gasteiger partial charge >= 0.3 is 6.36 Å². The van der Waals surface area contributed by atoms with E-state index >= 15 is 0 Å². The average molecular weight is 486 g/mol. The zero-order chi connectivity index (χ0) is 24.7. The van der Waals surface area contributed by atoms with Gasteiger partial charge in [0.2, 0.25) is 0 Å². The fraction of sp³-hybridized carbons (Fsp3) is 0.368. The third-order valence-electron chi connectivity index (χ3n) is 4.52. The second-order valence-corrected chi connectivity index (χ2v) is 7.14. The standard InChI is InChI=1S/C19H22F4N8O3/c1-24-17(32)15-10-30(28-26-15)6-5-13(20)9-31-11-16(27-29-31)18(33)25-8-12-3-2-4-14(7-12)34-19(21,22)23/h2-4,7,10-11,13,26,28H,5-6,8-9H2,1H3,(H,24,32)(H,25,33). The molecular formula is C19H22F4N8O3. The lowest BCUT2D eigenvalue weighted by molar-refractivity contribution is -0.274. The highest BCUT2D eigenvalue weighted by atomic mass is 19.4. The molecular weight excluding hydrogens is 464 g/mol. The number of carbonyl (C=O) groups excluding carboxylic acids is 2. The molecule has 0 fully saturated rings. The summed E-state index contributed by atoms with van der Waals surface area (Å²) >= 11 is 0. The molecule has 1 aromatic carbocycles. The van der Waals surface area contributed by atoms with Crippen molar-refractivity contribution in [3.05, 3.63) is 53.6 Å². The summed E-state index contributed by atoms with van der Waals surface area (Å²) in [5.41, 5.74) is 5.98. The number of hydrogen-bond acceptors (Lipinski definition) is 8. The number of carbonyl (C=O) groups is 2. The Bertz CT molecular complexity index is 1040. The third-order valence-corrected chi connectivity index (χ3v) is 4.52. The molecule has 0 radical (unpaired) electrons. The summed E-state index contributed by atoms with van der Waals surface area (Å²) in [6.07, 6.45) is -3.25. The molecule has 2 aromatic rings. The quantitative estimate of drug-likeness (QED) is 0.363. The number of nitrogens with one attached hydrogen (secondary N) is 4. The number of ether oxygens (including phenoxy) is 1. The zero-order valence-corrected chi connectivity index (χ0v) is 17.9. The summed E-state index contributed by atoms with van der Waals surface area (Å²) < 4.78 is 56.3. The second-order valence-electron chi connectivity index (χ2n) is 7.14. The minimum absolute atomic E-state index is 0.0709. The first-order valence-corrected chi connectivity index (χ1v) is 10.0. The third kappa shape index (κ3) is 7.33. The highest BCUT2D eigenvalue weighted by Crippen LogP contribution is 2.23. The summed E-state index contributed by atoms with van der Waals surface area (Å²) in [6.45, 7) is 0.0348. The Morgan fingerprint density at radius 3 is 2.79 bits per heavy atom. The van der Waals surface area contributed by atoms with E-state index in [1.54, 1.807) is 0 Å². The number of benzene rings is 1. The molecule has 0 saturated heterocycles. The zero-order valence-electron chi connectivity index (χ0n) is 17.9. The predicted molar refractivity (Wildman–Crippen MR) is 109 cm³/mol. The van der Waals surface area contributed by atoms with Crippen LogP contribution in [0.4, 0.5) is 17.6 Å². The SMILES string of the molecule is CNC(=O)C1=CN(CCC(F)Cn2cc(C(=O)NCc3cccc(OC(F)(F)F)c3)nn2)NN1. The highest BCUT2D eigenvalue weighted by molar-refractivity contribution is 5.92. The van der Waals surface area contributed by atoms with Crippen LogP contribution in [0.1, 0.15) is 22.5 Å². The first-order chi connectivity index (χ1) is 16.1. The monoisotopic (exact) mass is 486 g/mol. The van der Waals surface area contributed by atoms with E-state index in [2.05, 4.69) is 36.6 Å². The molecule has 34 heavy (non-hydrogen) atoms. The number of rotatable bonds is 10. The predicted octanol–water partition coefficient (Wildman–Crippen LogP) is 0.747. The number of alkyl halides is 4. The maximum absolute atomic E-state index is 14.3. The number of aromatic nitrogens is 3. The largest absolute Gasteiger partial charge is 0.573 e. The van der Waals surface area contributed by atoms with Crippen LogP contribution in [0, 0.1) is 0 Å². The van der Waals surface area contributed by atoms with Gasteiger partial charge in [0.1, 0.15) is 17.6 Å². The fourth-order valence-electron chi connectivity index (χ4n) is 2.91. The van der Waals surface area contributed by atoms with Crippen molar-refractivity contribution in [2.45, 2.75) is 32.0 Å². The van der Waals surface area contributed by atoms with E-state index in [9.17, 15) is 27.2 Å². The van der Waals surface area contributed by atoms with E-state index in [1.807, 2.05) is 0 Å². The van der Waals surface area contributed by atoms with Crippen LogP contribution >= 0.6 is 0 Å². The molecule has 4 N–H and O–H groups in total. The molecule has 1 aromatic heterocycles. The summed E-state index contributed by atoms with van der Waals surface area (Å²) in [4.78, 5) is 23.8. The molecule has 1 aliphatic heterocycles. The van der Waals surface area contributed by atoms with Gasteiger partial charge in [0.05, 0.1) is 12.7 Å². The highest BCUT2D eigenvalue weighted by Gasteiger charge is 2.31. The molecule has 0 bridgehead atoms. The lowest BCUT2D eigenvalue weighted by atomic mass is 10.2. The van der Waals surface area contributed by atoms with Crippen molar-refractivity contribution in [3.63, 3.8) is 0 Å². The Morgan fingerprint density at radius 1 is 1.26 bits per heavy atom. The first-order valence-electron chi connectivity index (χ1n) is 10.0. The van der Waals surface area contributed by atoms with Crippen LogP contribution in [0.2, 0.25) is 0 Å². The molecule has 11 nitrogen and oxygen atoms in total. The van der Waals surface area contributed by atoms with E-state index in [0.717, 1.165) is 12.1 Å². The lowest BCUT2D eigenvalue weighted by Gasteiger charge is -2.16. The summed E-state index contributed by atoms with van der Waals surface area (Å²) in [5, 5.41) is 13.9. The minimum atomic E-state index is -4.82. The Balaban J connectivity index is 1.45. The van der Waals surface area contributed by atoms with Gasteiger partial charge in [0, 0.05) is 26.3 Å². The van der Waals surface area contributed by atoms with Crippen molar-refractivity contribution in [1.82, 2.24) is 41.6 Å².